The van der Waals surface area contributed by atoms with Crippen molar-refractivity contribution in [2.24, 2.45) is 5.92 Å². The molecule has 136 valence electrons. The summed E-state index contributed by atoms with van der Waals surface area (Å²) >= 11 is 0. The van der Waals surface area contributed by atoms with Gasteiger partial charge in [-0.3, -0.25) is 9.48 Å². The van der Waals surface area contributed by atoms with E-state index < -0.39 is 0 Å². The maximum absolute atomic E-state index is 12.6. The molecular formula is C23H23N3O. The van der Waals surface area contributed by atoms with E-state index in [0.717, 1.165) is 6.42 Å². The van der Waals surface area contributed by atoms with Crippen molar-refractivity contribution in [2.75, 3.05) is 6.54 Å². The number of nitrogens with one attached hydrogen (secondary N) is 1. The molecule has 0 saturated heterocycles. The average molecular weight is 357 g/mol. The second-order valence-electron chi connectivity index (χ2n) is 7.69. The standard InChI is InChI=1S/C23H23N3O/c1-15(26-12-6-11-25-26)23(27)24-14-16-13-21-17-7-2-4-9-19(17)22(16)20-10-5-3-8-18(20)21/h2-12,15-16,21-22H,13-14H2,1H3,(H,24,27). The van der Waals surface area contributed by atoms with Gasteiger partial charge in [-0.05, 0) is 47.6 Å². The Kier molecular flexibility index (Phi) is 3.85. The minimum Gasteiger partial charge on any atom is -0.354 e. The fourth-order valence-electron chi connectivity index (χ4n) is 4.97. The third-order valence-corrected chi connectivity index (χ3v) is 6.26. The number of aromatic nitrogens is 2. The fraction of sp³-hybridized carbons (Fsp3) is 0.304. The molecule has 1 N–H and O–H groups in total. The molecule has 0 aliphatic heterocycles. The van der Waals surface area contributed by atoms with E-state index in [9.17, 15) is 4.79 Å². The lowest BCUT2D eigenvalue weighted by Crippen LogP contribution is -2.41. The lowest BCUT2D eigenvalue weighted by molar-refractivity contribution is -0.124. The van der Waals surface area contributed by atoms with Gasteiger partial charge in [0.05, 0.1) is 0 Å². The van der Waals surface area contributed by atoms with Crippen LogP contribution in [0.5, 0.6) is 0 Å². The van der Waals surface area contributed by atoms with E-state index in [2.05, 4.69) is 58.9 Å². The number of hydrogen-bond donors (Lipinski definition) is 1. The minimum absolute atomic E-state index is 0.0294. The number of carbonyl (C=O) groups is 1. The molecule has 2 atom stereocenters. The lowest BCUT2D eigenvalue weighted by atomic mass is 9.59. The third-order valence-electron chi connectivity index (χ3n) is 6.26. The molecule has 4 heteroatoms. The largest absolute Gasteiger partial charge is 0.354 e. The summed E-state index contributed by atoms with van der Waals surface area (Å²) in [5.74, 6) is 1.26. The van der Waals surface area contributed by atoms with Crippen molar-refractivity contribution in [2.45, 2.75) is 31.2 Å². The van der Waals surface area contributed by atoms with Crippen molar-refractivity contribution in [1.82, 2.24) is 15.1 Å². The van der Waals surface area contributed by atoms with Crippen LogP contribution in [0.2, 0.25) is 0 Å². The van der Waals surface area contributed by atoms with Crippen LogP contribution in [-0.4, -0.2) is 22.2 Å². The number of carbonyl (C=O) groups excluding carboxylic acids is 1. The number of nitrogens with zero attached hydrogens (tertiary/aromatic N) is 2. The summed E-state index contributed by atoms with van der Waals surface area (Å²) in [5, 5.41) is 7.37. The minimum atomic E-state index is -0.291. The summed E-state index contributed by atoms with van der Waals surface area (Å²) in [6.45, 7) is 2.59. The quantitative estimate of drug-likeness (QED) is 0.771. The molecule has 0 radical (unpaired) electrons. The van der Waals surface area contributed by atoms with E-state index in [1.807, 2.05) is 19.2 Å². The van der Waals surface area contributed by atoms with Crippen molar-refractivity contribution < 1.29 is 4.79 Å². The third kappa shape index (κ3) is 2.59. The Hall–Kier alpha value is -2.88. The summed E-state index contributed by atoms with van der Waals surface area (Å²) in [4.78, 5) is 12.6. The first-order valence-electron chi connectivity index (χ1n) is 9.68. The van der Waals surface area contributed by atoms with Gasteiger partial charge in [-0.1, -0.05) is 48.5 Å². The zero-order valence-electron chi connectivity index (χ0n) is 15.4. The highest BCUT2D eigenvalue weighted by molar-refractivity contribution is 5.79. The van der Waals surface area contributed by atoms with E-state index in [-0.39, 0.29) is 11.9 Å². The van der Waals surface area contributed by atoms with Crippen molar-refractivity contribution in [1.29, 1.82) is 0 Å². The Morgan fingerprint density at radius 3 is 2.30 bits per heavy atom. The van der Waals surface area contributed by atoms with Crippen LogP contribution in [-0.2, 0) is 4.79 Å². The SMILES string of the molecule is CC(C(=O)NCC1CC2c3ccccc3C1c1ccccc12)n1cccn1. The Balaban J connectivity index is 1.40. The molecule has 6 rings (SSSR count). The van der Waals surface area contributed by atoms with Gasteiger partial charge in [0.25, 0.3) is 0 Å². The molecule has 1 heterocycles. The summed E-state index contributed by atoms with van der Waals surface area (Å²) in [7, 11) is 0. The zero-order chi connectivity index (χ0) is 18.4. The van der Waals surface area contributed by atoms with Crippen LogP contribution in [0.3, 0.4) is 0 Å². The van der Waals surface area contributed by atoms with Crippen molar-refractivity contribution in [3.8, 4) is 0 Å². The van der Waals surface area contributed by atoms with Crippen LogP contribution in [0.4, 0.5) is 0 Å². The summed E-state index contributed by atoms with van der Waals surface area (Å²) < 4.78 is 1.70. The van der Waals surface area contributed by atoms with Crippen LogP contribution in [0.25, 0.3) is 0 Å². The summed E-state index contributed by atoms with van der Waals surface area (Å²) in [6, 6.07) is 19.2. The van der Waals surface area contributed by atoms with Gasteiger partial charge in [0.15, 0.2) is 0 Å². The Morgan fingerprint density at radius 1 is 1.07 bits per heavy atom. The molecule has 1 aromatic heterocycles. The molecule has 0 saturated carbocycles. The summed E-state index contributed by atoms with van der Waals surface area (Å²) in [5.41, 5.74) is 5.81. The van der Waals surface area contributed by atoms with Gasteiger partial charge in [0.2, 0.25) is 5.91 Å². The van der Waals surface area contributed by atoms with Gasteiger partial charge in [0, 0.05) is 30.8 Å². The predicted molar refractivity (Wildman–Crippen MR) is 105 cm³/mol. The number of rotatable bonds is 4. The molecule has 27 heavy (non-hydrogen) atoms. The second-order valence-corrected chi connectivity index (χ2v) is 7.69. The van der Waals surface area contributed by atoms with E-state index in [1.165, 1.54) is 22.3 Å². The smallest absolute Gasteiger partial charge is 0.244 e. The molecule has 0 fully saturated rings. The maximum Gasteiger partial charge on any atom is 0.244 e. The van der Waals surface area contributed by atoms with Gasteiger partial charge in [-0.2, -0.15) is 5.10 Å². The van der Waals surface area contributed by atoms with Gasteiger partial charge >= 0.3 is 0 Å². The highest BCUT2D eigenvalue weighted by atomic mass is 16.2. The van der Waals surface area contributed by atoms with E-state index in [1.54, 1.807) is 10.9 Å². The Morgan fingerprint density at radius 2 is 1.70 bits per heavy atom. The first kappa shape index (κ1) is 16.3. The molecule has 2 bridgehead atoms. The molecule has 0 spiro atoms. The van der Waals surface area contributed by atoms with Crippen LogP contribution < -0.4 is 5.32 Å². The van der Waals surface area contributed by atoms with Crippen LogP contribution >= 0.6 is 0 Å². The van der Waals surface area contributed by atoms with E-state index in [4.69, 9.17) is 0 Å². The molecular weight excluding hydrogens is 334 g/mol. The average Bonchev–Trinajstić information content (AvgIpc) is 3.26. The van der Waals surface area contributed by atoms with Crippen LogP contribution in [0.15, 0.2) is 67.0 Å². The monoisotopic (exact) mass is 357 g/mol. The predicted octanol–water partition coefficient (Wildman–Crippen LogP) is 3.86. The first-order valence-corrected chi connectivity index (χ1v) is 9.68. The van der Waals surface area contributed by atoms with E-state index in [0.29, 0.717) is 24.3 Å². The van der Waals surface area contributed by atoms with Gasteiger partial charge in [-0.15, -0.1) is 0 Å². The highest BCUT2D eigenvalue weighted by Gasteiger charge is 2.42. The van der Waals surface area contributed by atoms with Crippen LogP contribution in [0, 0.1) is 5.92 Å². The highest BCUT2D eigenvalue weighted by Crippen LogP contribution is 2.55. The van der Waals surface area contributed by atoms with E-state index >= 15 is 0 Å². The van der Waals surface area contributed by atoms with Gasteiger partial charge in [-0.25, -0.2) is 0 Å². The molecule has 3 aliphatic carbocycles. The Bertz CT molecular complexity index is 931. The number of hydrogen-bond acceptors (Lipinski definition) is 2. The number of fused-ring (bicyclic) bond motifs is 1. The summed E-state index contributed by atoms with van der Waals surface area (Å²) in [6.07, 6.45) is 4.63. The second kappa shape index (κ2) is 6.38. The van der Waals surface area contributed by atoms with Gasteiger partial charge in [0.1, 0.15) is 6.04 Å². The number of benzene rings is 2. The van der Waals surface area contributed by atoms with Crippen molar-refractivity contribution >= 4 is 5.91 Å². The Labute approximate surface area is 159 Å². The zero-order valence-corrected chi connectivity index (χ0v) is 15.4. The maximum atomic E-state index is 12.6. The molecule has 1 amide bonds. The van der Waals surface area contributed by atoms with Gasteiger partial charge < -0.3 is 5.32 Å². The van der Waals surface area contributed by atoms with Crippen molar-refractivity contribution in [3.05, 3.63) is 89.2 Å². The lowest BCUT2D eigenvalue weighted by Gasteiger charge is -2.45. The molecule has 2 aromatic carbocycles. The number of amides is 1. The van der Waals surface area contributed by atoms with Crippen LogP contribution in [0.1, 0.15) is 53.5 Å². The van der Waals surface area contributed by atoms with Crippen molar-refractivity contribution in [3.63, 3.8) is 0 Å². The normalized spacial score (nSPS) is 23.4. The molecule has 3 aliphatic rings. The fourth-order valence-corrected chi connectivity index (χ4v) is 4.97. The molecule has 4 nitrogen and oxygen atoms in total. The molecule has 2 unspecified atom stereocenters. The molecule has 3 aromatic rings. The first-order chi connectivity index (χ1) is 13.2. The topological polar surface area (TPSA) is 46.9 Å².